The van der Waals surface area contributed by atoms with Gasteiger partial charge in [0, 0.05) is 7.12 Å². The molecule has 0 unspecified atom stereocenters. The van der Waals surface area contributed by atoms with Crippen LogP contribution in [0.15, 0.2) is 30.8 Å². The molecular formula is C16H26N2. The first kappa shape index (κ1) is 13.2. The molecule has 0 spiro atoms. The maximum absolute atomic E-state index is 5.74. The van der Waals surface area contributed by atoms with Crippen molar-refractivity contribution in [2.24, 2.45) is 11.7 Å². The molecular weight excluding hydrogens is 220 g/mol. The molecule has 1 saturated heterocycles. The van der Waals surface area contributed by atoms with Gasteiger partial charge in [0.05, 0.1) is 0 Å². The largest absolute Gasteiger partial charge is 0.399 e. The molecule has 0 saturated carbocycles. The van der Waals surface area contributed by atoms with E-state index in [1.807, 2.05) is 6.07 Å². The Bertz CT molecular complexity index is 409. The normalized spacial score (nSPS) is 17.8. The van der Waals surface area contributed by atoms with E-state index < -0.39 is 0 Å². The van der Waals surface area contributed by atoms with E-state index in [1.54, 1.807) is 0 Å². The summed E-state index contributed by atoms with van der Waals surface area (Å²) < 4.78 is 0. The summed E-state index contributed by atoms with van der Waals surface area (Å²) in [5, 5.41) is 0. The molecule has 2 heteroatoms. The number of piperidine rings is 1. The van der Waals surface area contributed by atoms with Crippen molar-refractivity contribution >= 4 is 5.70 Å². The summed E-state index contributed by atoms with van der Waals surface area (Å²) in [6.07, 6.45) is 5.16. The SMILES string of the molecule is C=C(N)c1cccc(CCC2CCN(C)CC2)c1.[HH]. The lowest BCUT2D eigenvalue weighted by molar-refractivity contribution is 0.212. The van der Waals surface area contributed by atoms with Gasteiger partial charge in [0.2, 0.25) is 0 Å². The van der Waals surface area contributed by atoms with Crippen LogP contribution in [0, 0.1) is 5.92 Å². The summed E-state index contributed by atoms with van der Waals surface area (Å²) in [5.41, 5.74) is 8.85. The predicted molar refractivity (Wildman–Crippen MR) is 80.3 cm³/mol. The van der Waals surface area contributed by atoms with Gasteiger partial charge in [-0.3, -0.25) is 0 Å². The fourth-order valence-corrected chi connectivity index (χ4v) is 2.65. The van der Waals surface area contributed by atoms with E-state index in [0.29, 0.717) is 5.70 Å². The second-order valence-corrected chi connectivity index (χ2v) is 5.51. The third kappa shape index (κ3) is 3.61. The van der Waals surface area contributed by atoms with Crippen molar-refractivity contribution in [1.82, 2.24) is 4.90 Å². The van der Waals surface area contributed by atoms with Gasteiger partial charge >= 0.3 is 0 Å². The van der Waals surface area contributed by atoms with E-state index in [0.717, 1.165) is 17.9 Å². The summed E-state index contributed by atoms with van der Waals surface area (Å²) in [5.74, 6) is 0.894. The number of nitrogens with two attached hydrogens (primary N) is 1. The minimum atomic E-state index is 0. The Morgan fingerprint density at radius 3 is 2.83 bits per heavy atom. The van der Waals surface area contributed by atoms with Crippen LogP contribution in [-0.4, -0.2) is 25.0 Å². The first-order chi connectivity index (χ1) is 8.65. The summed E-state index contributed by atoms with van der Waals surface area (Å²) in [7, 11) is 2.21. The van der Waals surface area contributed by atoms with E-state index in [-0.39, 0.29) is 1.43 Å². The molecule has 0 bridgehead atoms. The molecule has 1 heterocycles. The molecule has 1 aromatic rings. The predicted octanol–water partition coefficient (Wildman–Crippen LogP) is 3.14. The number of hydrogen-bond acceptors (Lipinski definition) is 2. The monoisotopic (exact) mass is 246 g/mol. The smallest absolute Gasteiger partial charge is 0.0314 e. The van der Waals surface area contributed by atoms with Crippen molar-refractivity contribution < 1.29 is 1.43 Å². The van der Waals surface area contributed by atoms with Crippen LogP contribution in [0.25, 0.3) is 5.70 Å². The quantitative estimate of drug-likeness (QED) is 0.884. The fraction of sp³-hybridized carbons (Fsp3) is 0.500. The highest BCUT2D eigenvalue weighted by Crippen LogP contribution is 2.22. The van der Waals surface area contributed by atoms with Crippen molar-refractivity contribution in [3.8, 4) is 0 Å². The van der Waals surface area contributed by atoms with Crippen molar-refractivity contribution in [3.05, 3.63) is 42.0 Å². The number of rotatable bonds is 4. The first-order valence-corrected chi connectivity index (χ1v) is 6.87. The maximum Gasteiger partial charge on any atom is 0.0314 e. The van der Waals surface area contributed by atoms with E-state index in [4.69, 9.17) is 5.73 Å². The number of likely N-dealkylation sites (tertiary alicyclic amines) is 1. The van der Waals surface area contributed by atoms with Gasteiger partial charge in [0.15, 0.2) is 0 Å². The maximum atomic E-state index is 5.74. The van der Waals surface area contributed by atoms with Crippen LogP contribution in [0.3, 0.4) is 0 Å². The van der Waals surface area contributed by atoms with Gasteiger partial charge in [-0.15, -0.1) is 0 Å². The molecule has 1 aliphatic rings. The van der Waals surface area contributed by atoms with Gasteiger partial charge in [-0.1, -0.05) is 24.8 Å². The summed E-state index contributed by atoms with van der Waals surface area (Å²) in [6, 6.07) is 8.48. The highest BCUT2D eigenvalue weighted by Gasteiger charge is 2.16. The van der Waals surface area contributed by atoms with Gasteiger partial charge in [-0.25, -0.2) is 0 Å². The number of aryl methyl sites for hydroxylation is 1. The van der Waals surface area contributed by atoms with Crippen LogP contribution in [0.1, 0.15) is 31.8 Å². The minimum absolute atomic E-state index is 0. The average molecular weight is 246 g/mol. The van der Waals surface area contributed by atoms with E-state index in [2.05, 4.69) is 36.7 Å². The summed E-state index contributed by atoms with van der Waals surface area (Å²) in [4.78, 5) is 2.43. The van der Waals surface area contributed by atoms with Gasteiger partial charge in [-0.05, 0) is 68.9 Å². The number of nitrogens with zero attached hydrogens (tertiary/aromatic N) is 1. The molecule has 0 amide bonds. The molecule has 2 rings (SSSR count). The van der Waals surface area contributed by atoms with Crippen LogP contribution in [0.5, 0.6) is 0 Å². The Labute approximate surface area is 112 Å². The highest BCUT2D eigenvalue weighted by molar-refractivity contribution is 5.60. The van der Waals surface area contributed by atoms with Crippen molar-refractivity contribution in [3.63, 3.8) is 0 Å². The minimum Gasteiger partial charge on any atom is -0.399 e. The van der Waals surface area contributed by atoms with E-state index in [1.165, 1.54) is 37.9 Å². The third-order valence-electron chi connectivity index (χ3n) is 3.98. The summed E-state index contributed by atoms with van der Waals surface area (Å²) in [6.45, 7) is 6.31. The molecule has 18 heavy (non-hydrogen) atoms. The topological polar surface area (TPSA) is 29.3 Å². The lowest BCUT2D eigenvalue weighted by atomic mass is 9.90. The van der Waals surface area contributed by atoms with Gasteiger partial charge < -0.3 is 10.6 Å². The number of hydrogen-bond donors (Lipinski definition) is 1. The van der Waals surface area contributed by atoms with E-state index in [9.17, 15) is 0 Å². The van der Waals surface area contributed by atoms with Crippen molar-refractivity contribution in [2.45, 2.75) is 25.7 Å². The second-order valence-electron chi connectivity index (χ2n) is 5.51. The Hall–Kier alpha value is -1.28. The van der Waals surface area contributed by atoms with E-state index >= 15 is 0 Å². The zero-order valence-corrected chi connectivity index (χ0v) is 11.4. The van der Waals surface area contributed by atoms with Crippen LogP contribution < -0.4 is 5.73 Å². The molecule has 0 atom stereocenters. The lowest BCUT2D eigenvalue weighted by Crippen LogP contribution is -2.30. The van der Waals surface area contributed by atoms with Crippen LogP contribution in [0.2, 0.25) is 0 Å². The molecule has 1 fully saturated rings. The Kier molecular flexibility index (Phi) is 4.43. The Morgan fingerprint density at radius 1 is 1.44 bits per heavy atom. The first-order valence-electron chi connectivity index (χ1n) is 6.87. The Balaban J connectivity index is 0.00000180. The molecule has 0 aliphatic carbocycles. The molecule has 100 valence electrons. The van der Waals surface area contributed by atoms with Gasteiger partial charge in [0.1, 0.15) is 0 Å². The zero-order chi connectivity index (χ0) is 13.0. The van der Waals surface area contributed by atoms with Crippen LogP contribution in [0.4, 0.5) is 0 Å². The molecule has 2 N–H and O–H groups in total. The van der Waals surface area contributed by atoms with Crippen molar-refractivity contribution in [1.29, 1.82) is 0 Å². The lowest BCUT2D eigenvalue weighted by Gasteiger charge is -2.28. The van der Waals surface area contributed by atoms with Crippen molar-refractivity contribution in [2.75, 3.05) is 20.1 Å². The highest BCUT2D eigenvalue weighted by atomic mass is 15.1. The number of benzene rings is 1. The standard InChI is InChI=1S/C16H24N2.H2/c1-13(17)16-5-3-4-15(12-16)7-6-14-8-10-18(2)11-9-14;/h3-5,12,14H,1,6-11,17H2,2H3;1H. The van der Waals surface area contributed by atoms with Gasteiger partial charge in [-0.2, -0.15) is 0 Å². The molecule has 1 aliphatic heterocycles. The average Bonchev–Trinajstić information content (AvgIpc) is 2.38. The van der Waals surface area contributed by atoms with Gasteiger partial charge in [0.25, 0.3) is 0 Å². The fourth-order valence-electron chi connectivity index (χ4n) is 2.65. The third-order valence-corrected chi connectivity index (χ3v) is 3.98. The molecule has 0 radical (unpaired) electrons. The molecule has 1 aromatic carbocycles. The second kappa shape index (κ2) is 6.05. The molecule has 0 aromatic heterocycles. The van der Waals surface area contributed by atoms with Crippen LogP contribution >= 0.6 is 0 Å². The van der Waals surface area contributed by atoms with Crippen LogP contribution in [-0.2, 0) is 6.42 Å². The zero-order valence-electron chi connectivity index (χ0n) is 11.4. The Morgan fingerprint density at radius 2 is 2.17 bits per heavy atom. The summed E-state index contributed by atoms with van der Waals surface area (Å²) >= 11 is 0. The molecule has 2 nitrogen and oxygen atoms in total.